The lowest BCUT2D eigenvalue weighted by molar-refractivity contribution is -0.138. The third kappa shape index (κ3) is 6.29. The molecule has 6 rings (SSSR count). The zero-order valence-corrected chi connectivity index (χ0v) is 27.6. The number of hydrogen-bond donors (Lipinski definition) is 5. The van der Waals surface area contributed by atoms with E-state index in [0.29, 0.717) is 11.1 Å². The SMILES string of the molecule is Cc1c(Cl)cc(C(=O)c2ccc(-c3cn(CC(=O)O)nn3)cc2O)n1-c1c(C(=O)c2ccc(-c3cn(CC(=O)O)nn3)cc2O)[nH]c(Cl)c1Cl. The van der Waals surface area contributed by atoms with Gasteiger partial charge in [-0.2, -0.15) is 0 Å². The van der Waals surface area contributed by atoms with Crippen molar-refractivity contribution in [3.05, 3.63) is 98.3 Å². The molecule has 5 N–H and O–H groups in total. The minimum Gasteiger partial charge on any atom is -0.507 e. The minimum absolute atomic E-state index is 0.0549. The molecule has 0 unspecified atom stereocenters. The largest absolute Gasteiger partial charge is 0.507 e. The number of nitrogens with zero attached hydrogens (tertiary/aromatic N) is 7. The number of benzene rings is 2. The van der Waals surface area contributed by atoms with E-state index in [2.05, 4.69) is 25.6 Å². The van der Waals surface area contributed by atoms with Crippen LogP contribution in [0.25, 0.3) is 28.2 Å². The number of hydrogen-bond acceptors (Lipinski definition) is 10. The summed E-state index contributed by atoms with van der Waals surface area (Å²) >= 11 is 19.5. The molecular formula is C31H21Cl3N8O8. The molecule has 0 bridgehead atoms. The fraction of sp³-hybridized carbons (Fsp3) is 0.0968. The highest BCUT2D eigenvalue weighted by atomic mass is 35.5. The third-order valence-corrected chi connectivity index (χ3v) is 8.62. The first kappa shape index (κ1) is 33.9. The van der Waals surface area contributed by atoms with Gasteiger partial charge in [0.25, 0.3) is 0 Å². The van der Waals surface area contributed by atoms with Crippen LogP contribution >= 0.6 is 34.8 Å². The summed E-state index contributed by atoms with van der Waals surface area (Å²) in [6.07, 6.45) is 2.73. The van der Waals surface area contributed by atoms with E-state index in [0.717, 1.165) is 9.36 Å². The van der Waals surface area contributed by atoms with Crippen molar-refractivity contribution in [3.63, 3.8) is 0 Å². The first-order valence-electron chi connectivity index (χ1n) is 14.2. The number of aromatic hydroxyl groups is 2. The van der Waals surface area contributed by atoms with E-state index in [1.165, 1.54) is 59.4 Å². The van der Waals surface area contributed by atoms with Crippen LogP contribution in [0.4, 0.5) is 0 Å². The van der Waals surface area contributed by atoms with E-state index in [9.17, 15) is 29.4 Å². The number of nitrogens with one attached hydrogen (secondary N) is 1. The van der Waals surface area contributed by atoms with Crippen molar-refractivity contribution in [1.29, 1.82) is 0 Å². The van der Waals surface area contributed by atoms with Crippen molar-refractivity contribution in [2.45, 2.75) is 20.0 Å². The summed E-state index contributed by atoms with van der Waals surface area (Å²) in [6.45, 7) is 0.719. The molecule has 50 heavy (non-hydrogen) atoms. The molecule has 0 aliphatic rings. The van der Waals surface area contributed by atoms with E-state index in [1.54, 1.807) is 6.92 Å². The van der Waals surface area contributed by atoms with E-state index in [-0.39, 0.29) is 60.5 Å². The van der Waals surface area contributed by atoms with Crippen LogP contribution in [-0.2, 0) is 22.7 Å². The maximum absolute atomic E-state index is 14.0. The molecule has 0 aliphatic carbocycles. The molecule has 6 aromatic rings. The molecule has 16 nitrogen and oxygen atoms in total. The number of phenolic OH excluding ortho intramolecular Hbond substituents is 2. The van der Waals surface area contributed by atoms with Crippen LogP contribution in [0.3, 0.4) is 0 Å². The summed E-state index contributed by atoms with van der Waals surface area (Å²) < 4.78 is 3.50. The Labute approximate surface area is 294 Å². The zero-order valence-electron chi connectivity index (χ0n) is 25.3. The minimum atomic E-state index is -1.12. The summed E-state index contributed by atoms with van der Waals surface area (Å²) in [5.74, 6) is -4.63. The normalized spacial score (nSPS) is 11.2. The van der Waals surface area contributed by atoms with Gasteiger partial charge in [0.05, 0.1) is 39.9 Å². The summed E-state index contributed by atoms with van der Waals surface area (Å²) in [6, 6.07) is 9.45. The quantitative estimate of drug-likeness (QED) is 0.115. The number of phenols is 2. The topological polar surface area (TPSA) is 231 Å². The number of ketones is 2. The Morgan fingerprint density at radius 2 is 1.26 bits per heavy atom. The number of halogens is 3. The van der Waals surface area contributed by atoms with Gasteiger partial charge in [0.2, 0.25) is 11.6 Å². The van der Waals surface area contributed by atoms with Crippen molar-refractivity contribution in [2.75, 3.05) is 0 Å². The second-order valence-electron chi connectivity index (χ2n) is 10.8. The maximum atomic E-state index is 14.0. The molecule has 19 heteroatoms. The number of aromatic nitrogens is 8. The lowest BCUT2D eigenvalue weighted by Crippen LogP contribution is -2.14. The van der Waals surface area contributed by atoms with Crippen molar-refractivity contribution >= 4 is 58.3 Å². The van der Waals surface area contributed by atoms with Crippen molar-refractivity contribution in [1.82, 2.24) is 39.5 Å². The summed E-state index contributed by atoms with van der Waals surface area (Å²) in [7, 11) is 0. The molecule has 0 aliphatic heterocycles. The van der Waals surface area contributed by atoms with Crippen LogP contribution in [0.15, 0.2) is 54.9 Å². The molecule has 0 spiro atoms. The molecule has 0 atom stereocenters. The summed E-state index contributed by atoms with van der Waals surface area (Å²) in [4.78, 5) is 52.6. The Morgan fingerprint density at radius 1 is 0.760 bits per heavy atom. The predicted octanol–water partition coefficient (Wildman–Crippen LogP) is 4.63. The van der Waals surface area contributed by atoms with E-state index >= 15 is 0 Å². The van der Waals surface area contributed by atoms with Crippen LogP contribution in [0.5, 0.6) is 11.5 Å². The number of aromatic amines is 1. The molecule has 0 saturated heterocycles. The Morgan fingerprint density at radius 3 is 1.74 bits per heavy atom. The third-order valence-electron chi connectivity index (χ3n) is 7.49. The van der Waals surface area contributed by atoms with E-state index in [1.807, 2.05) is 0 Å². The van der Waals surface area contributed by atoms with Gasteiger partial charge in [-0.25, -0.2) is 9.36 Å². The maximum Gasteiger partial charge on any atom is 0.325 e. The number of carbonyl (C=O) groups is 4. The van der Waals surface area contributed by atoms with E-state index in [4.69, 9.17) is 45.0 Å². The molecule has 2 aromatic carbocycles. The van der Waals surface area contributed by atoms with Crippen molar-refractivity contribution in [3.8, 4) is 39.7 Å². The lowest BCUT2D eigenvalue weighted by atomic mass is 10.0. The second-order valence-corrected chi connectivity index (χ2v) is 12.0. The zero-order chi connectivity index (χ0) is 36.0. The summed E-state index contributed by atoms with van der Waals surface area (Å²) in [5, 5.41) is 54.9. The fourth-order valence-electron chi connectivity index (χ4n) is 5.18. The smallest absolute Gasteiger partial charge is 0.325 e. The van der Waals surface area contributed by atoms with Gasteiger partial charge in [-0.1, -0.05) is 57.4 Å². The number of H-pyrrole nitrogens is 1. The molecule has 0 saturated carbocycles. The Balaban J connectivity index is 1.36. The Hall–Kier alpha value is -5.97. The Bertz CT molecular complexity index is 2210. The lowest BCUT2D eigenvalue weighted by Gasteiger charge is -2.14. The first-order chi connectivity index (χ1) is 23.7. The predicted molar refractivity (Wildman–Crippen MR) is 176 cm³/mol. The van der Waals surface area contributed by atoms with Gasteiger partial charge < -0.3 is 30.0 Å². The van der Waals surface area contributed by atoms with Crippen LogP contribution in [0.1, 0.15) is 37.8 Å². The number of carbonyl (C=O) groups excluding carboxylic acids is 2. The summed E-state index contributed by atoms with van der Waals surface area (Å²) in [5.41, 5.74) is 0.787. The molecule has 4 heterocycles. The highest BCUT2D eigenvalue weighted by Gasteiger charge is 2.30. The van der Waals surface area contributed by atoms with Crippen molar-refractivity contribution in [2.24, 2.45) is 0 Å². The number of rotatable bonds is 11. The van der Waals surface area contributed by atoms with Gasteiger partial charge in [0.15, 0.2) is 0 Å². The van der Waals surface area contributed by atoms with Gasteiger partial charge >= 0.3 is 11.9 Å². The van der Waals surface area contributed by atoms with Crippen LogP contribution in [0, 0.1) is 6.92 Å². The molecule has 254 valence electrons. The van der Waals surface area contributed by atoms with Gasteiger partial charge in [-0.15, -0.1) is 10.2 Å². The molecule has 0 radical (unpaired) electrons. The van der Waals surface area contributed by atoms with Gasteiger partial charge in [0.1, 0.15) is 51.8 Å². The van der Waals surface area contributed by atoms with Crippen LogP contribution in [0.2, 0.25) is 15.2 Å². The van der Waals surface area contributed by atoms with Crippen molar-refractivity contribution < 1.29 is 39.6 Å². The standard InChI is InChI=1S/C31H21Cl3N8O8/c1-13-18(32)8-21(29(49)16-4-2-14(6-22(16)43)19-9-40(38-36-19)11-24(45)46)42(13)28-26(33)31(34)35-27(28)30(50)17-5-3-15(7-23(17)44)20-10-41(39-37-20)12-25(47)48/h2-10,35,43-44H,11-12H2,1H3,(H,45,46)(H,47,48). The highest BCUT2D eigenvalue weighted by Crippen LogP contribution is 2.39. The monoisotopic (exact) mass is 738 g/mol. The van der Waals surface area contributed by atoms with Gasteiger partial charge in [0, 0.05) is 16.8 Å². The Kier molecular flexibility index (Phi) is 8.92. The van der Waals surface area contributed by atoms with Crippen LogP contribution in [-0.4, -0.2) is 83.5 Å². The fourth-order valence-corrected chi connectivity index (χ4v) is 5.77. The molecule has 0 fully saturated rings. The number of carboxylic acids is 2. The molecular weight excluding hydrogens is 719 g/mol. The first-order valence-corrected chi connectivity index (χ1v) is 15.3. The van der Waals surface area contributed by atoms with Crippen LogP contribution < -0.4 is 0 Å². The second kappa shape index (κ2) is 13.1. The number of aliphatic carboxylic acids is 2. The average molecular weight is 740 g/mol. The molecule has 0 amide bonds. The average Bonchev–Trinajstić information content (AvgIpc) is 3.84. The number of carboxylic acid groups (broad SMARTS) is 2. The van der Waals surface area contributed by atoms with Gasteiger partial charge in [-0.3, -0.25) is 19.2 Å². The molecule has 4 aromatic heterocycles. The van der Waals surface area contributed by atoms with Gasteiger partial charge in [-0.05, 0) is 37.3 Å². The highest BCUT2D eigenvalue weighted by molar-refractivity contribution is 6.43. The van der Waals surface area contributed by atoms with E-state index < -0.39 is 48.1 Å².